The van der Waals surface area contributed by atoms with Crippen LogP contribution in [0.4, 0.5) is 8.78 Å². The first-order valence-corrected chi connectivity index (χ1v) is 10.6. The van der Waals surface area contributed by atoms with Crippen LogP contribution in [0.5, 0.6) is 0 Å². The van der Waals surface area contributed by atoms with Crippen molar-refractivity contribution < 1.29 is 13.7 Å². The summed E-state index contributed by atoms with van der Waals surface area (Å²) in [5.41, 5.74) is 5.57. The van der Waals surface area contributed by atoms with Crippen LogP contribution in [0, 0.1) is 18.6 Å². The van der Waals surface area contributed by atoms with Gasteiger partial charge in [0.05, 0.1) is 5.69 Å². The van der Waals surface area contributed by atoms with Crippen molar-refractivity contribution in [1.29, 1.82) is 0 Å². The van der Waals surface area contributed by atoms with Crippen LogP contribution in [0.25, 0.3) is 0 Å². The quantitative estimate of drug-likeness (QED) is 0.417. The molecule has 1 atom stereocenters. The number of halogens is 2. The van der Waals surface area contributed by atoms with Crippen LogP contribution in [0.3, 0.4) is 0 Å². The molecule has 4 aromatic rings. The Morgan fingerprint density at radius 2 is 1.39 bits per heavy atom. The van der Waals surface area contributed by atoms with Gasteiger partial charge in [-0.15, -0.1) is 0 Å². The van der Waals surface area contributed by atoms with Crippen molar-refractivity contribution in [2.24, 2.45) is 0 Å². The highest BCUT2D eigenvalue weighted by atomic mass is 19.1. The van der Waals surface area contributed by atoms with E-state index in [1.165, 1.54) is 39.4 Å². The maximum atomic E-state index is 13.8. The van der Waals surface area contributed by atoms with E-state index in [9.17, 15) is 8.78 Å². The molecule has 31 heavy (non-hydrogen) atoms. The first-order chi connectivity index (χ1) is 15.0. The summed E-state index contributed by atoms with van der Waals surface area (Å²) < 4.78 is 29.8. The average molecular weight is 418 g/mol. The monoisotopic (exact) mass is 417 g/mol. The molecule has 0 amide bonds. The molecule has 0 aliphatic heterocycles. The van der Waals surface area contributed by atoms with E-state index in [4.69, 9.17) is 0 Å². The van der Waals surface area contributed by atoms with Crippen LogP contribution in [0.1, 0.15) is 27.9 Å². The minimum absolute atomic E-state index is 0.531. The average Bonchev–Trinajstić information content (AvgIpc) is 3.14. The molecule has 0 aliphatic carbocycles. The minimum Gasteiger partial charge on any atom is -0.342 e. The van der Waals surface area contributed by atoms with Crippen molar-refractivity contribution in [3.8, 4) is 0 Å². The predicted octanol–water partition coefficient (Wildman–Crippen LogP) is 4.91. The maximum absolute atomic E-state index is 13.8. The molecule has 4 rings (SSSR count). The number of rotatable bonds is 8. The van der Waals surface area contributed by atoms with Crippen molar-refractivity contribution in [2.45, 2.75) is 33.1 Å². The molecule has 0 spiro atoms. The fraction of sp³-hybridized carbons (Fsp3) is 0.185. The van der Waals surface area contributed by atoms with Crippen LogP contribution in [0.15, 0.2) is 91.1 Å². The Morgan fingerprint density at radius 3 is 2.13 bits per heavy atom. The molecule has 0 fully saturated rings. The Bertz CT molecular complexity index is 1110. The number of nitrogens with zero attached hydrogens (tertiary/aromatic N) is 1. The second-order valence-electron chi connectivity index (χ2n) is 8.16. The third-order valence-electron chi connectivity index (χ3n) is 5.46. The van der Waals surface area contributed by atoms with Gasteiger partial charge in [0.25, 0.3) is 0 Å². The van der Waals surface area contributed by atoms with E-state index in [1.54, 1.807) is 0 Å². The van der Waals surface area contributed by atoms with E-state index in [2.05, 4.69) is 66.2 Å². The van der Waals surface area contributed by atoms with Crippen molar-refractivity contribution in [2.75, 3.05) is 0 Å². The van der Waals surface area contributed by atoms with Gasteiger partial charge in [-0.3, -0.25) is 0 Å². The normalized spacial score (nSPS) is 12.1. The van der Waals surface area contributed by atoms with Crippen LogP contribution < -0.4 is 4.90 Å². The summed E-state index contributed by atoms with van der Waals surface area (Å²) in [6.45, 7) is 4.97. The van der Waals surface area contributed by atoms with E-state index in [1.807, 2.05) is 18.2 Å². The van der Waals surface area contributed by atoms with Gasteiger partial charge in [0, 0.05) is 29.9 Å². The molecule has 0 bridgehead atoms. The Hall–Kier alpha value is -3.24. The lowest BCUT2D eigenvalue weighted by Gasteiger charge is -2.21. The van der Waals surface area contributed by atoms with Gasteiger partial charge in [0.2, 0.25) is 0 Å². The van der Waals surface area contributed by atoms with Crippen molar-refractivity contribution in [3.05, 3.63) is 131 Å². The summed E-state index contributed by atoms with van der Waals surface area (Å²) >= 11 is 0. The van der Waals surface area contributed by atoms with Gasteiger partial charge in [-0.25, -0.2) is 8.78 Å². The van der Waals surface area contributed by atoms with E-state index in [0.717, 1.165) is 25.7 Å². The van der Waals surface area contributed by atoms with Gasteiger partial charge in [-0.2, -0.15) is 0 Å². The lowest BCUT2D eigenvalue weighted by molar-refractivity contribution is -0.941. The highest BCUT2D eigenvalue weighted by Crippen LogP contribution is 2.11. The van der Waals surface area contributed by atoms with Gasteiger partial charge in [0.1, 0.15) is 31.3 Å². The molecule has 0 saturated carbocycles. The molecule has 0 saturated heterocycles. The summed E-state index contributed by atoms with van der Waals surface area (Å²) in [6, 6.07) is 26.7. The molecule has 4 heteroatoms. The molecule has 1 N–H and O–H groups in total. The summed E-state index contributed by atoms with van der Waals surface area (Å²) in [5.74, 6) is -1.06. The first kappa shape index (κ1) is 21.0. The zero-order valence-corrected chi connectivity index (χ0v) is 17.7. The third-order valence-corrected chi connectivity index (χ3v) is 5.46. The number of quaternary nitrogens is 1. The smallest absolute Gasteiger partial charge is 0.126 e. The van der Waals surface area contributed by atoms with E-state index in [-0.39, 0.29) is 0 Å². The van der Waals surface area contributed by atoms with E-state index < -0.39 is 11.6 Å². The molecular weight excluding hydrogens is 390 g/mol. The molecule has 0 radical (unpaired) electrons. The molecule has 0 aliphatic rings. The molecule has 1 aromatic heterocycles. The summed E-state index contributed by atoms with van der Waals surface area (Å²) in [6.07, 6.45) is 2.10. The highest BCUT2D eigenvalue weighted by molar-refractivity contribution is 5.23. The number of benzene rings is 3. The standard InChI is InChI=1S/C27H26F2N2/c1-21-7-5-10-23(13-21)19-31-12-6-11-27(31)20-30(17-22-8-3-2-4-9-22)18-24-14-25(28)16-26(29)15-24/h2-16H,17-20H2,1H3/p+1. The number of hydrogen-bond acceptors (Lipinski definition) is 0. The minimum atomic E-state index is -0.531. The molecule has 3 aromatic carbocycles. The molecule has 1 heterocycles. The zero-order chi connectivity index (χ0) is 21.6. The second kappa shape index (κ2) is 9.71. The Morgan fingerprint density at radius 1 is 0.677 bits per heavy atom. The highest BCUT2D eigenvalue weighted by Gasteiger charge is 2.16. The predicted molar refractivity (Wildman–Crippen MR) is 120 cm³/mol. The van der Waals surface area contributed by atoms with Gasteiger partial charge in [0.15, 0.2) is 0 Å². The van der Waals surface area contributed by atoms with Crippen LogP contribution in [-0.2, 0) is 26.2 Å². The lowest BCUT2D eigenvalue weighted by Crippen LogP contribution is -3.08. The maximum Gasteiger partial charge on any atom is 0.126 e. The van der Waals surface area contributed by atoms with Crippen LogP contribution >= 0.6 is 0 Å². The Labute approximate surface area is 182 Å². The van der Waals surface area contributed by atoms with Gasteiger partial charge in [-0.05, 0) is 36.8 Å². The fourth-order valence-electron chi connectivity index (χ4n) is 4.10. The largest absolute Gasteiger partial charge is 0.342 e. The molecule has 1 unspecified atom stereocenters. The van der Waals surface area contributed by atoms with Gasteiger partial charge in [-0.1, -0.05) is 60.2 Å². The Balaban J connectivity index is 1.56. The summed E-state index contributed by atoms with van der Waals surface area (Å²) in [5, 5.41) is 0. The number of aromatic nitrogens is 1. The van der Waals surface area contributed by atoms with Crippen LogP contribution in [0.2, 0.25) is 0 Å². The first-order valence-electron chi connectivity index (χ1n) is 10.6. The summed E-state index contributed by atoms with van der Waals surface area (Å²) in [7, 11) is 0. The van der Waals surface area contributed by atoms with Crippen molar-refractivity contribution in [1.82, 2.24) is 4.57 Å². The van der Waals surface area contributed by atoms with Crippen molar-refractivity contribution >= 4 is 0 Å². The number of aryl methyl sites for hydroxylation is 1. The zero-order valence-electron chi connectivity index (χ0n) is 17.7. The molecule has 158 valence electrons. The summed E-state index contributed by atoms with van der Waals surface area (Å²) in [4.78, 5) is 1.22. The van der Waals surface area contributed by atoms with Crippen LogP contribution in [-0.4, -0.2) is 4.57 Å². The Kier molecular flexibility index (Phi) is 6.58. The van der Waals surface area contributed by atoms with E-state index in [0.29, 0.717) is 12.1 Å². The van der Waals surface area contributed by atoms with Crippen molar-refractivity contribution in [3.63, 3.8) is 0 Å². The van der Waals surface area contributed by atoms with E-state index >= 15 is 0 Å². The molecular formula is C27H27F2N2+. The van der Waals surface area contributed by atoms with Gasteiger partial charge < -0.3 is 9.47 Å². The number of nitrogens with one attached hydrogen (secondary N) is 1. The second-order valence-corrected chi connectivity index (χ2v) is 8.16. The number of hydrogen-bond donors (Lipinski definition) is 1. The topological polar surface area (TPSA) is 9.37 Å². The molecule has 2 nitrogen and oxygen atoms in total. The van der Waals surface area contributed by atoms with Gasteiger partial charge >= 0.3 is 0 Å². The lowest BCUT2D eigenvalue weighted by atomic mass is 10.1. The SMILES string of the molecule is Cc1cccc(Cn2cccc2C[NH+](Cc2ccccc2)Cc2cc(F)cc(F)c2)c1. The third kappa shape index (κ3) is 5.89. The fourth-order valence-corrected chi connectivity index (χ4v) is 4.10.